The van der Waals surface area contributed by atoms with E-state index in [1.54, 1.807) is 0 Å². The van der Waals surface area contributed by atoms with E-state index in [-0.39, 0.29) is 29.4 Å². The molecule has 1 atom stereocenters. The third-order valence-corrected chi connectivity index (χ3v) is 4.75. The van der Waals surface area contributed by atoms with E-state index in [0.717, 1.165) is 19.4 Å². The van der Waals surface area contributed by atoms with E-state index in [2.05, 4.69) is 22.4 Å². The molecule has 1 fully saturated rings. The standard InChI is InChI=1S/C18H22FN3O4.CH2O2/c1-22-8-4-3-5-12(22)10-20-17-15(18(23)24)16(26-21-17)11-6-7-13(19)14(9-11)25-2;2-1-3/h6-7,9,12H,3-5,8,10H2,1-2H3,(H,20,21)(H,23,24);1H,(H,2,3). The van der Waals surface area contributed by atoms with Gasteiger partial charge in [0.05, 0.1) is 7.11 Å². The average molecular weight is 409 g/mol. The largest absolute Gasteiger partial charge is 0.494 e. The summed E-state index contributed by atoms with van der Waals surface area (Å²) in [6.45, 7) is 1.35. The van der Waals surface area contributed by atoms with Crippen LogP contribution in [0.5, 0.6) is 5.75 Å². The first-order valence-electron chi connectivity index (χ1n) is 9.01. The van der Waals surface area contributed by atoms with E-state index in [1.807, 2.05) is 0 Å². The van der Waals surface area contributed by atoms with Crippen molar-refractivity contribution in [3.8, 4) is 17.1 Å². The number of piperidine rings is 1. The molecule has 158 valence electrons. The Bertz CT molecular complexity index is 841. The molecule has 0 saturated carbocycles. The number of rotatable bonds is 6. The van der Waals surface area contributed by atoms with Gasteiger partial charge in [-0.1, -0.05) is 11.6 Å². The van der Waals surface area contributed by atoms with Crippen molar-refractivity contribution in [1.82, 2.24) is 10.1 Å². The highest BCUT2D eigenvalue weighted by molar-refractivity contribution is 5.99. The van der Waals surface area contributed by atoms with Crippen LogP contribution in [0.4, 0.5) is 10.2 Å². The summed E-state index contributed by atoms with van der Waals surface area (Å²) in [5.41, 5.74) is 0.313. The summed E-state index contributed by atoms with van der Waals surface area (Å²) in [6.07, 6.45) is 3.38. The van der Waals surface area contributed by atoms with Gasteiger partial charge in [-0.2, -0.15) is 0 Å². The highest BCUT2D eigenvalue weighted by atomic mass is 19.1. The van der Waals surface area contributed by atoms with E-state index < -0.39 is 11.8 Å². The van der Waals surface area contributed by atoms with Crippen LogP contribution in [0, 0.1) is 5.82 Å². The number of carbonyl (C=O) groups is 2. The lowest BCUT2D eigenvalue weighted by Gasteiger charge is -2.32. The quantitative estimate of drug-likeness (QED) is 0.618. The van der Waals surface area contributed by atoms with Crippen LogP contribution in [0.3, 0.4) is 0 Å². The first-order valence-corrected chi connectivity index (χ1v) is 9.01. The molecule has 0 spiro atoms. The van der Waals surface area contributed by atoms with Crippen LogP contribution >= 0.6 is 0 Å². The van der Waals surface area contributed by atoms with Gasteiger partial charge >= 0.3 is 5.97 Å². The predicted molar refractivity (Wildman–Crippen MR) is 103 cm³/mol. The molecule has 3 N–H and O–H groups in total. The van der Waals surface area contributed by atoms with Gasteiger partial charge in [0.2, 0.25) is 0 Å². The molecule has 0 bridgehead atoms. The molecule has 1 unspecified atom stereocenters. The van der Waals surface area contributed by atoms with Gasteiger partial charge in [0.15, 0.2) is 28.7 Å². The number of carboxylic acid groups (broad SMARTS) is 2. The number of likely N-dealkylation sites (N-methyl/N-ethyl adjacent to an activating group) is 1. The highest BCUT2D eigenvalue weighted by Crippen LogP contribution is 2.32. The Labute approximate surface area is 167 Å². The lowest BCUT2D eigenvalue weighted by Crippen LogP contribution is -2.40. The minimum Gasteiger partial charge on any atom is -0.494 e. The molecule has 29 heavy (non-hydrogen) atoms. The van der Waals surface area contributed by atoms with E-state index in [4.69, 9.17) is 19.2 Å². The van der Waals surface area contributed by atoms with E-state index in [0.29, 0.717) is 18.2 Å². The Balaban J connectivity index is 0.000000941. The third-order valence-electron chi connectivity index (χ3n) is 4.75. The number of halogens is 1. The molecule has 1 saturated heterocycles. The monoisotopic (exact) mass is 409 g/mol. The number of hydrogen-bond donors (Lipinski definition) is 3. The SMILES string of the molecule is COc1cc(-c2onc(NCC3CCCCN3C)c2C(=O)O)ccc1F.O=CO. The maximum Gasteiger partial charge on any atom is 0.343 e. The number of hydrogen-bond acceptors (Lipinski definition) is 7. The summed E-state index contributed by atoms with van der Waals surface area (Å²) >= 11 is 0. The Morgan fingerprint density at radius 3 is 2.83 bits per heavy atom. The van der Waals surface area contributed by atoms with Crippen LogP contribution in [0.15, 0.2) is 22.7 Å². The van der Waals surface area contributed by atoms with E-state index in [9.17, 15) is 14.3 Å². The summed E-state index contributed by atoms with van der Waals surface area (Å²) in [6, 6.07) is 4.34. The number of anilines is 1. The van der Waals surface area contributed by atoms with Crippen LogP contribution in [-0.4, -0.2) is 66.0 Å². The first-order chi connectivity index (χ1) is 13.9. The number of ether oxygens (including phenoxy) is 1. The maximum absolute atomic E-state index is 13.6. The van der Waals surface area contributed by atoms with Crippen LogP contribution in [0.25, 0.3) is 11.3 Å². The Morgan fingerprint density at radius 1 is 1.48 bits per heavy atom. The number of likely N-dealkylation sites (tertiary alicyclic amines) is 1. The molecule has 0 aliphatic carbocycles. The molecule has 1 aromatic heterocycles. The zero-order valence-corrected chi connectivity index (χ0v) is 16.2. The lowest BCUT2D eigenvalue weighted by molar-refractivity contribution is -0.122. The van der Waals surface area contributed by atoms with Crippen molar-refractivity contribution in [2.75, 3.05) is 32.6 Å². The number of carboxylic acids is 1. The van der Waals surface area contributed by atoms with Gasteiger partial charge in [0.25, 0.3) is 6.47 Å². The summed E-state index contributed by atoms with van der Waals surface area (Å²) in [7, 11) is 3.40. The molecule has 3 rings (SSSR count). The maximum atomic E-state index is 13.6. The second kappa shape index (κ2) is 10.4. The van der Waals surface area contributed by atoms with Crippen LogP contribution in [-0.2, 0) is 4.79 Å². The second-order valence-corrected chi connectivity index (χ2v) is 6.51. The average Bonchev–Trinajstić information content (AvgIpc) is 3.12. The minimum atomic E-state index is -1.16. The summed E-state index contributed by atoms with van der Waals surface area (Å²) in [5.74, 6) is -1.45. The summed E-state index contributed by atoms with van der Waals surface area (Å²) < 4.78 is 23.8. The smallest absolute Gasteiger partial charge is 0.343 e. The molecule has 2 aromatic rings. The van der Waals surface area contributed by atoms with Gasteiger partial charge in [-0.05, 0) is 44.6 Å². The van der Waals surface area contributed by atoms with Gasteiger partial charge in [0.1, 0.15) is 0 Å². The number of aromatic carboxylic acids is 1. The highest BCUT2D eigenvalue weighted by Gasteiger charge is 2.26. The van der Waals surface area contributed by atoms with E-state index >= 15 is 0 Å². The summed E-state index contributed by atoms with van der Waals surface area (Å²) in [5, 5.41) is 23.5. The number of aromatic nitrogens is 1. The minimum absolute atomic E-state index is 0.00794. The molecule has 10 heteroatoms. The fraction of sp³-hybridized carbons (Fsp3) is 0.421. The van der Waals surface area contributed by atoms with Gasteiger partial charge in [-0.25, -0.2) is 9.18 Å². The van der Waals surface area contributed by atoms with Crippen molar-refractivity contribution < 1.29 is 33.5 Å². The Kier molecular flexibility index (Phi) is 7.96. The molecule has 1 aromatic carbocycles. The van der Waals surface area contributed by atoms with Gasteiger partial charge in [-0.15, -0.1) is 0 Å². The van der Waals surface area contributed by atoms with Gasteiger partial charge < -0.3 is 29.7 Å². The van der Waals surface area contributed by atoms with Crippen molar-refractivity contribution in [2.45, 2.75) is 25.3 Å². The normalized spacial score (nSPS) is 16.4. The Morgan fingerprint density at radius 2 is 2.21 bits per heavy atom. The molecule has 1 aliphatic heterocycles. The predicted octanol–water partition coefficient (Wildman–Crippen LogP) is 2.78. The second-order valence-electron chi connectivity index (χ2n) is 6.51. The fourth-order valence-electron chi connectivity index (χ4n) is 3.22. The van der Waals surface area contributed by atoms with Gasteiger partial charge in [-0.3, -0.25) is 4.79 Å². The molecule has 2 heterocycles. The number of methoxy groups -OCH3 is 1. The number of benzene rings is 1. The molecular weight excluding hydrogens is 385 g/mol. The van der Waals surface area contributed by atoms with Crippen molar-refractivity contribution in [3.05, 3.63) is 29.6 Å². The van der Waals surface area contributed by atoms with Crippen molar-refractivity contribution in [1.29, 1.82) is 0 Å². The third kappa shape index (κ3) is 5.44. The molecule has 9 nitrogen and oxygen atoms in total. The molecule has 0 radical (unpaired) electrons. The summed E-state index contributed by atoms with van der Waals surface area (Å²) in [4.78, 5) is 22.4. The topological polar surface area (TPSA) is 125 Å². The first kappa shape index (κ1) is 22.2. The molecular formula is C19H24FN3O6. The fourth-order valence-corrected chi connectivity index (χ4v) is 3.22. The van der Waals surface area contributed by atoms with Crippen molar-refractivity contribution in [3.63, 3.8) is 0 Å². The van der Waals surface area contributed by atoms with E-state index in [1.165, 1.54) is 31.7 Å². The molecule has 1 aliphatic rings. The Hall–Kier alpha value is -3.14. The zero-order valence-electron chi connectivity index (χ0n) is 16.2. The van der Waals surface area contributed by atoms with Crippen molar-refractivity contribution in [2.24, 2.45) is 0 Å². The van der Waals surface area contributed by atoms with Gasteiger partial charge in [0, 0.05) is 18.2 Å². The zero-order chi connectivity index (χ0) is 21.4. The molecule has 0 amide bonds. The number of nitrogens with zero attached hydrogens (tertiary/aromatic N) is 2. The lowest BCUT2D eigenvalue weighted by atomic mass is 10.0. The van der Waals surface area contributed by atoms with Crippen LogP contribution in [0.1, 0.15) is 29.6 Å². The van der Waals surface area contributed by atoms with Crippen LogP contribution in [0.2, 0.25) is 0 Å². The van der Waals surface area contributed by atoms with Crippen molar-refractivity contribution >= 4 is 18.3 Å². The number of nitrogens with one attached hydrogen (secondary N) is 1. The van der Waals surface area contributed by atoms with Crippen LogP contribution < -0.4 is 10.1 Å².